The molecule has 1 aromatic rings. The zero-order valence-electron chi connectivity index (χ0n) is 14.7. The Labute approximate surface area is 145 Å². The van der Waals surface area contributed by atoms with E-state index in [1.165, 1.54) is 25.7 Å². The van der Waals surface area contributed by atoms with E-state index in [1.807, 2.05) is 12.1 Å². The summed E-state index contributed by atoms with van der Waals surface area (Å²) in [6, 6.07) is 4.09. The van der Waals surface area contributed by atoms with Gasteiger partial charge in [-0.05, 0) is 56.2 Å². The zero-order chi connectivity index (χ0) is 16.9. The molecule has 1 amide bonds. The van der Waals surface area contributed by atoms with Gasteiger partial charge in [-0.2, -0.15) is 0 Å². The first-order valence-corrected chi connectivity index (χ1v) is 9.39. The largest absolute Gasteiger partial charge is 0.357 e. The van der Waals surface area contributed by atoms with Gasteiger partial charge >= 0.3 is 0 Å². The average Bonchev–Trinajstić information content (AvgIpc) is 2.63. The molecule has 1 saturated heterocycles. The van der Waals surface area contributed by atoms with Crippen molar-refractivity contribution in [1.82, 2.24) is 10.3 Å². The number of carbonyl (C=O) groups is 1. The molecule has 5 nitrogen and oxygen atoms in total. The SMILES string of the molecule is CC1CCN(c2ccc(C(=O)NC3CCCCC3CN)cn2)CC1. The molecule has 5 heteroatoms. The normalized spacial score (nSPS) is 25.5. The Hall–Kier alpha value is -1.62. The molecule has 1 aliphatic heterocycles. The molecular formula is C19H30N4O. The van der Waals surface area contributed by atoms with E-state index in [0.717, 1.165) is 37.7 Å². The van der Waals surface area contributed by atoms with E-state index in [0.29, 0.717) is 18.0 Å². The topological polar surface area (TPSA) is 71.2 Å². The molecule has 2 aliphatic rings. The van der Waals surface area contributed by atoms with Gasteiger partial charge in [0.25, 0.3) is 5.91 Å². The van der Waals surface area contributed by atoms with Crippen molar-refractivity contribution in [3.8, 4) is 0 Å². The average molecular weight is 330 g/mol. The Morgan fingerprint density at radius 2 is 2.00 bits per heavy atom. The summed E-state index contributed by atoms with van der Waals surface area (Å²) in [7, 11) is 0. The van der Waals surface area contributed by atoms with Crippen LogP contribution in [0.15, 0.2) is 18.3 Å². The van der Waals surface area contributed by atoms with Crippen molar-refractivity contribution in [2.24, 2.45) is 17.6 Å². The van der Waals surface area contributed by atoms with Gasteiger partial charge in [-0.3, -0.25) is 4.79 Å². The minimum atomic E-state index is -0.0216. The lowest BCUT2D eigenvalue weighted by Gasteiger charge is -2.32. The van der Waals surface area contributed by atoms with Crippen molar-refractivity contribution in [2.45, 2.75) is 51.5 Å². The molecule has 0 bridgehead atoms. The van der Waals surface area contributed by atoms with Crippen molar-refractivity contribution in [3.05, 3.63) is 23.9 Å². The smallest absolute Gasteiger partial charge is 0.253 e. The van der Waals surface area contributed by atoms with Crippen LogP contribution in [-0.2, 0) is 0 Å². The highest BCUT2D eigenvalue weighted by Crippen LogP contribution is 2.24. The number of nitrogens with one attached hydrogen (secondary N) is 1. The standard InChI is InChI=1S/C19H30N4O/c1-14-8-10-23(11-9-14)18-7-6-16(13-21-18)19(24)22-17-5-3-2-4-15(17)12-20/h6-7,13-15,17H,2-5,8-12,20H2,1H3,(H,22,24). The summed E-state index contributed by atoms with van der Waals surface area (Å²) in [5, 5.41) is 3.17. The van der Waals surface area contributed by atoms with Gasteiger partial charge in [0.15, 0.2) is 0 Å². The maximum atomic E-state index is 12.5. The number of pyridine rings is 1. The van der Waals surface area contributed by atoms with Crippen LogP contribution in [0.4, 0.5) is 5.82 Å². The highest BCUT2D eigenvalue weighted by atomic mass is 16.1. The fourth-order valence-electron chi connectivity index (χ4n) is 3.88. The Morgan fingerprint density at radius 3 is 2.67 bits per heavy atom. The Morgan fingerprint density at radius 1 is 1.25 bits per heavy atom. The molecule has 3 rings (SSSR count). The highest BCUT2D eigenvalue weighted by Gasteiger charge is 2.26. The molecule has 24 heavy (non-hydrogen) atoms. The van der Waals surface area contributed by atoms with Crippen LogP contribution in [0.25, 0.3) is 0 Å². The van der Waals surface area contributed by atoms with Crippen molar-refractivity contribution < 1.29 is 4.79 Å². The van der Waals surface area contributed by atoms with E-state index in [4.69, 9.17) is 5.73 Å². The number of hydrogen-bond acceptors (Lipinski definition) is 4. The third-order valence-corrected chi connectivity index (χ3v) is 5.65. The highest BCUT2D eigenvalue weighted by molar-refractivity contribution is 5.94. The molecule has 2 heterocycles. The van der Waals surface area contributed by atoms with Gasteiger partial charge in [-0.1, -0.05) is 19.8 Å². The van der Waals surface area contributed by atoms with Crippen LogP contribution >= 0.6 is 0 Å². The number of anilines is 1. The molecular weight excluding hydrogens is 300 g/mol. The van der Waals surface area contributed by atoms with E-state index >= 15 is 0 Å². The van der Waals surface area contributed by atoms with Crippen LogP contribution in [0, 0.1) is 11.8 Å². The Balaban J connectivity index is 1.59. The summed E-state index contributed by atoms with van der Waals surface area (Å²) < 4.78 is 0. The van der Waals surface area contributed by atoms with E-state index < -0.39 is 0 Å². The lowest BCUT2D eigenvalue weighted by Crippen LogP contribution is -2.44. The Kier molecular flexibility index (Phi) is 5.72. The number of nitrogens with zero attached hydrogens (tertiary/aromatic N) is 2. The number of rotatable bonds is 4. The van der Waals surface area contributed by atoms with E-state index in [-0.39, 0.29) is 11.9 Å². The van der Waals surface area contributed by atoms with Crippen LogP contribution in [0.5, 0.6) is 0 Å². The quantitative estimate of drug-likeness (QED) is 0.890. The molecule has 0 spiro atoms. The summed E-state index contributed by atoms with van der Waals surface area (Å²) in [5.41, 5.74) is 6.50. The molecule has 0 radical (unpaired) electrons. The number of hydrogen-bond donors (Lipinski definition) is 2. The number of carbonyl (C=O) groups excluding carboxylic acids is 1. The molecule has 3 N–H and O–H groups in total. The third-order valence-electron chi connectivity index (χ3n) is 5.65. The van der Waals surface area contributed by atoms with Crippen LogP contribution in [0.3, 0.4) is 0 Å². The molecule has 1 saturated carbocycles. The van der Waals surface area contributed by atoms with Gasteiger partial charge in [-0.25, -0.2) is 4.98 Å². The fraction of sp³-hybridized carbons (Fsp3) is 0.684. The summed E-state index contributed by atoms with van der Waals surface area (Å²) in [5.74, 6) is 2.17. The minimum Gasteiger partial charge on any atom is -0.357 e. The second-order valence-electron chi connectivity index (χ2n) is 7.43. The number of piperidine rings is 1. The first-order valence-electron chi connectivity index (χ1n) is 9.39. The molecule has 2 fully saturated rings. The molecule has 1 aliphatic carbocycles. The Bertz CT molecular complexity index is 537. The van der Waals surface area contributed by atoms with E-state index in [9.17, 15) is 4.79 Å². The molecule has 2 atom stereocenters. The zero-order valence-corrected chi connectivity index (χ0v) is 14.7. The lowest BCUT2D eigenvalue weighted by molar-refractivity contribution is 0.0907. The monoisotopic (exact) mass is 330 g/mol. The summed E-state index contributed by atoms with van der Waals surface area (Å²) >= 11 is 0. The first-order chi connectivity index (χ1) is 11.7. The summed E-state index contributed by atoms with van der Waals surface area (Å²) in [4.78, 5) is 19.3. The fourth-order valence-corrected chi connectivity index (χ4v) is 3.88. The minimum absolute atomic E-state index is 0.0216. The van der Waals surface area contributed by atoms with Crippen LogP contribution in [0.2, 0.25) is 0 Å². The van der Waals surface area contributed by atoms with Crippen molar-refractivity contribution in [1.29, 1.82) is 0 Å². The van der Waals surface area contributed by atoms with Gasteiger partial charge in [0, 0.05) is 25.3 Å². The molecule has 0 aromatic carbocycles. The van der Waals surface area contributed by atoms with Gasteiger partial charge in [-0.15, -0.1) is 0 Å². The van der Waals surface area contributed by atoms with Crippen LogP contribution in [0.1, 0.15) is 55.8 Å². The second kappa shape index (κ2) is 7.97. The first kappa shape index (κ1) is 17.2. The van der Waals surface area contributed by atoms with Gasteiger partial charge in [0.05, 0.1) is 5.56 Å². The van der Waals surface area contributed by atoms with E-state index in [1.54, 1.807) is 6.20 Å². The van der Waals surface area contributed by atoms with Crippen LogP contribution in [-0.4, -0.2) is 36.6 Å². The van der Waals surface area contributed by atoms with Crippen molar-refractivity contribution >= 4 is 11.7 Å². The van der Waals surface area contributed by atoms with Crippen molar-refractivity contribution in [3.63, 3.8) is 0 Å². The predicted octanol–water partition coefficient (Wildman–Crippen LogP) is 2.57. The summed E-state index contributed by atoms with van der Waals surface area (Å²) in [6.07, 6.45) is 8.68. The number of aromatic nitrogens is 1. The van der Waals surface area contributed by atoms with E-state index in [2.05, 4.69) is 22.1 Å². The second-order valence-corrected chi connectivity index (χ2v) is 7.43. The molecule has 132 valence electrons. The van der Waals surface area contributed by atoms with Crippen molar-refractivity contribution in [2.75, 3.05) is 24.5 Å². The lowest BCUT2D eigenvalue weighted by atomic mass is 9.84. The van der Waals surface area contributed by atoms with Gasteiger partial charge < -0.3 is 16.0 Å². The third kappa shape index (κ3) is 4.07. The van der Waals surface area contributed by atoms with Gasteiger partial charge in [0.1, 0.15) is 5.82 Å². The van der Waals surface area contributed by atoms with Crippen LogP contribution < -0.4 is 16.0 Å². The molecule has 1 aromatic heterocycles. The maximum Gasteiger partial charge on any atom is 0.253 e. The maximum absolute atomic E-state index is 12.5. The number of nitrogens with two attached hydrogens (primary N) is 1. The predicted molar refractivity (Wildman–Crippen MR) is 97.1 cm³/mol. The van der Waals surface area contributed by atoms with Gasteiger partial charge in [0.2, 0.25) is 0 Å². The number of amides is 1. The summed E-state index contributed by atoms with van der Waals surface area (Å²) in [6.45, 7) is 5.06. The molecule has 2 unspecified atom stereocenters.